The van der Waals surface area contributed by atoms with Crippen LogP contribution in [0.15, 0.2) is 24.5 Å². The van der Waals surface area contributed by atoms with E-state index in [0.29, 0.717) is 5.69 Å². The molecule has 3 atom stereocenters. The van der Waals surface area contributed by atoms with Crippen LogP contribution in [0.1, 0.15) is 12.8 Å². The van der Waals surface area contributed by atoms with Crippen LogP contribution in [0.4, 0.5) is 5.69 Å². The maximum Gasteiger partial charge on any atom is 0.430 e. The van der Waals surface area contributed by atoms with Crippen LogP contribution in [0.5, 0.6) is 0 Å². The SMILES string of the molecule is B[C@H]1CC[C@@H](COP(=O)(O)Nc2ccncc2)O1. The van der Waals surface area contributed by atoms with Crippen LogP contribution < -0.4 is 5.09 Å². The van der Waals surface area contributed by atoms with Crippen molar-refractivity contribution in [2.45, 2.75) is 24.9 Å². The standard InChI is InChI=1S/C10H16BN2O4P/c11-10-2-1-9(17-10)7-16-18(14,15)13-8-3-5-12-6-4-8/h3-6,9-10H,1-2,7,11H2,(H2,12,13,14,15)/t9-,10+/m0/s1. The van der Waals surface area contributed by atoms with Crippen molar-refractivity contribution >= 4 is 21.3 Å². The van der Waals surface area contributed by atoms with Gasteiger partial charge in [0.05, 0.1) is 12.7 Å². The molecule has 0 aliphatic carbocycles. The van der Waals surface area contributed by atoms with Crippen LogP contribution >= 0.6 is 7.75 Å². The molecular weight excluding hydrogens is 254 g/mol. The first-order valence-corrected chi connectivity index (χ1v) is 7.44. The molecule has 0 spiro atoms. The van der Waals surface area contributed by atoms with Crippen molar-refractivity contribution in [3.8, 4) is 0 Å². The van der Waals surface area contributed by atoms with Crippen molar-refractivity contribution in [1.82, 2.24) is 4.98 Å². The molecule has 0 amide bonds. The first-order chi connectivity index (χ1) is 8.55. The zero-order chi connectivity index (χ0) is 13.0. The van der Waals surface area contributed by atoms with Gasteiger partial charge in [-0.1, -0.05) is 0 Å². The summed E-state index contributed by atoms with van der Waals surface area (Å²) >= 11 is 0. The van der Waals surface area contributed by atoms with E-state index in [1.807, 2.05) is 7.85 Å². The van der Waals surface area contributed by atoms with E-state index in [1.165, 1.54) is 12.4 Å². The number of hydrogen-bond donors (Lipinski definition) is 2. The fourth-order valence-electron chi connectivity index (χ4n) is 1.81. The van der Waals surface area contributed by atoms with Crippen LogP contribution in [-0.4, -0.2) is 36.4 Å². The average molecular weight is 270 g/mol. The van der Waals surface area contributed by atoms with Gasteiger partial charge in [0, 0.05) is 24.1 Å². The Morgan fingerprint density at radius 3 is 2.89 bits per heavy atom. The molecule has 0 radical (unpaired) electrons. The normalized spacial score (nSPS) is 26.7. The molecule has 1 fully saturated rings. The van der Waals surface area contributed by atoms with Crippen molar-refractivity contribution in [2.24, 2.45) is 0 Å². The summed E-state index contributed by atoms with van der Waals surface area (Å²) in [5.74, 6) is 0. The molecular formula is C10H16BN2O4P. The van der Waals surface area contributed by atoms with E-state index in [9.17, 15) is 9.46 Å². The number of aromatic nitrogens is 1. The number of rotatable bonds is 5. The zero-order valence-corrected chi connectivity index (χ0v) is 11.0. The van der Waals surface area contributed by atoms with Gasteiger partial charge in [-0.15, -0.1) is 0 Å². The van der Waals surface area contributed by atoms with Gasteiger partial charge >= 0.3 is 7.75 Å². The highest BCUT2D eigenvalue weighted by molar-refractivity contribution is 7.54. The molecule has 98 valence electrons. The van der Waals surface area contributed by atoms with Crippen molar-refractivity contribution in [3.63, 3.8) is 0 Å². The van der Waals surface area contributed by atoms with Gasteiger partial charge < -0.3 is 9.63 Å². The monoisotopic (exact) mass is 270 g/mol. The molecule has 18 heavy (non-hydrogen) atoms. The number of nitrogens with zero attached hydrogens (tertiary/aromatic N) is 1. The molecule has 0 aromatic carbocycles. The van der Waals surface area contributed by atoms with Gasteiger partial charge in [-0.25, -0.2) is 4.57 Å². The van der Waals surface area contributed by atoms with Gasteiger partial charge in [-0.2, -0.15) is 0 Å². The quantitative estimate of drug-likeness (QED) is 0.607. The number of ether oxygens (including phenoxy) is 1. The van der Waals surface area contributed by atoms with Gasteiger partial charge in [0.15, 0.2) is 0 Å². The summed E-state index contributed by atoms with van der Waals surface area (Å²) in [5, 5.41) is 2.45. The minimum atomic E-state index is -3.84. The van der Waals surface area contributed by atoms with Crippen LogP contribution in [0.3, 0.4) is 0 Å². The highest BCUT2D eigenvalue weighted by Gasteiger charge is 2.26. The van der Waals surface area contributed by atoms with Gasteiger partial charge in [0.25, 0.3) is 0 Å². The molecule has 0 saturated carbocycles. The smallest absolute Gasteiger partial charge is 0.382 e. The molecule has 2 rings (SSSR count). The number of pyridine rings is 1. The van der Waals surface area contributed by atoms with E-state index in [1.54, 1.807) is 12.1 Å². The molecule has 1 unspecified atom stereocenters. The van der Waals surface area contributed by atoms with Gasteiger partial charge in [0.2, 0.25) is 0 Å². The number of nitrogens with one attached hydrogen (secondary N) is 1. The molecule has 1 saturated heterocycles. The molecule has 2 N–H and O–H groups in total. The number of hydrogen-bond acceptors (Lipinski definition) is 4. The lowest BCUT2D eigenvalue weighted by atomic mass is 9.97. The predicted octanol–water partition coefficient (Wildman–Crippen LogP) is 0.749. The van der Waals surface area contributed by atoms with Crippen molar-refractivity contribution < 1.29 is 18.7 Å². The molecule has 2 heterocycles. The highest BCUT2D eigenvalue weighted by Crippen LogP contribution is 2.42. The van der Waals surface area contributed by atoms with E-state index >= 15 is 0 Å². The lowest BCUT2D eigenvalue weighted by molar-refractivity contribution is 0.0480. The van der Waals surface area contributed by atoms with E-state index in [0.717, 1.165) is 12.8 Å². The molecule has 1 aromatic heterocycles. The Morgan fingerprint density at radius 2 is 2.28 bits per heavy atom. The Balaban J connectivity index is 1.82. The Labute approximate surface area is 107 Å². The van der Waals surface area contributed by atoms with Gasteiger partial charge in [0.1, 0.15) is 7.85 Å². The Bertz CT molecular complexity index is 433. The second kappa shape index (κ2) is 5.84. The lowest BCUT2D eigenvalue weighted by Gasteiger charge is -2.17. The summed E-state index contributed by atoms with van der Waals surface area (Å²) in [7, 11) is -1.86. The molecule has 1 aliphatic heterocycles. The summed E-state index contributed by atoms with van der Waals surface area (Å²) in [4.78, 5) is 13.5. The molecule has 1 aliphatic rings. The van der Waals surface area contributed by atoms with Crippen LogP contribution in [0.25, 0.3) is 0 Å². The lowest BCUT2D eigenvalue weighted by Crippen LogP contribution is -2.17. The highest BCUT2D eigenvalue weighted by atomic mass is 31.2. The van der Waals surface area contributed by atoms with E-state index < -0.39 is 7.75 Å². The molecule has 0 bridgehead atoms. The largest absolute Gasteiger partial charge is 0.430 e. The fraction of sp³-hybridized carbons (Fsp3) is 0.500. The first kappa shape index (κ1) is 13.6. The molecule has 6 nitrogen and oxygen atoms in total. The number of anilines is 1. The van der Waals surface area contributed by atoms with Crippen molar-refractivity contribution in [2.75, 3.05) is 11.7 Å². The predicted molar refractivity (Wildman–Crippen MR) is 70.1 cm³/mol. The zero-order valence-electron chi connectivity index (χ0n) is 10.2. The summed E-state index contributed by atoms with van der Waals surface area (Å²) in [5.41, 5.74) is 0.497. The third kappa shape index (κ3) is 4.10. The first-order valence-electron chi connectivity index (χ1n) is 5.86. The Kier molecular flexibility index (Phi) is 4.40. The van der Waals surface area contributed by atoms with Crippen LogP contribution in [0, 0.1) is 0 Å². The third-order valence-electron chi connectivity index (χ3n) is 2.71. The van der Waals surface area contributed by atoms with Crippen LogP contribution in [-0.2, 0) is 13.8 Å². The fourth-order valence-corrected chi connectivity index (χ4v) is 2.72. The summed E-state index contributed by atoms with van der Waals surface area (Å²) < 4.78 is 22.3. The average Bonchev–Trinajstić information content (AvgIpc) is 2.74. The van der Waals surface area contributed by atoms with Crippen LogP contribution in [0.2, 0.25) is 0 Å². The van der Waals surface area contributed by atoms with Crippen molar-refractivity contribution in [3.05, 3.63) is 24.5 Å². The molecule has 8 heteroatoms. The molecule has 1 aromatic rings. The van der Waals surface area contributed by atoms with E-state index in [-0.39, 0.29) is 18.7 Å². The minimum Gasteiger partial charge on any atom is -0.382 e. The summed E-state index contributed by atoms with van der Waals surface area (Å²) in [6.45, 7) is 0.121. The summed E-state index contributed by atoms with van der Waals surface area (Å²) in [6.07, 6.45) is 4.78. The minimum absolute atomic E-state index is 0.0975. The summed E-state index contributed by atoms with van der Waals surface area (Å²) in [6, 6.07) is 3.39. The second-order valence-electron chi connectivity index (χ2n) is 4.31. The Morgan fingerprint density at radius 1 is 1.56 bits per heavy atom. The third-order valence-corrected chi connectivity index (χ3v) is 3.75. The maximum absolute atomic E-state index is 11.8. The van der Waals surface area contributed by atoms with Crippen molar-refractivity contribution in [1.29, 1.82) is 0 Å². The maximum atomic E-state index is 11.8. The van der Waals surface area contributed by atoms with E-state index in [2.05, 4.69) is 10.1 Å². The second-order valence-corrected chi connectivity index (χ2v) is 5.83. The van der Waals surface area contributed by atoms with Gasteiger partial charge in [-0.05, 0) is 25.0 Å². The Hall–Kier alpha value is -0.875. The van der Waals surface area contributed by atoms with E-state index in [4.69, 9.17) is 9.26 Å². The topological polar surface area (TPSA) is 80.7 Å². The van der Waals surface area contributed by atoms with Gasteiger partial charge in [-0.3, -0.25) is 14.6 Å².